The SMILES string of the molecule is Cc1ccccc1CN1CCn2c1nc(=O)c1c2C(F)(F)CN(Cc2ccccc2)C1. The van der Waals surface area contributed by atoms with Gasteiger partial charge in [-0.2, -0.15) is 13.8 Å². The van der Waals surface area contributed by atoms with Gasteiger partial charge in [-0.25, -0.2) is 0 Å². The highest BCUT2D eigenvalue weighted by Crippen LogP contribution is 2.38. The molecule has 0 fully saturated rings. The van der Waals surface area contributed by atoms with E-state index in [9.17, 15) is 4.79 Å². The molecule has 3 heterocycles. The summed E-state index contributed by atoms with van der Waals surface area (Å²) in [6.45, 7) is 3.68. The first kappa shape index (κ1) is 19.9. The van der Waals surface area contributed by atoms with Crippen LogP contribution in [0.1, 0.15) is 27.9 Å². The summed E-state index contributed by atoms with van der Waals surface area (Å²) in [5.41, 5.74) is 2.59. The minimum atomic E-state index is -3.11. The van der Waals surface area contributed by atoms with Gasteiger partial charge in [0.2, 0.25) is 5.95 Å². The molecule has 1 aromatic heterocycles. The topological polar surface area (TPSA) is 41.4 Å². The van der Waals surface area contributed by atoms with Gasteiger partial charge in [-0.05, 0) is 23.6 Å². The Balaban J connectivity index is 1.49. The van der Waals surface area contributed by atoms with Crippen LogP contribution in [0.5, 0.6) is 0 Å². The second-order valence-corrected chi connectivity index (χ2v) is 8.38. The zero-order chi connectivity index (χ0) is 21.6. The predicted molar refractivity (Wildman–Crippen MR) is 115 cm³/mol. The molecule has 160 valence electrons. The summed E-state index contributed by atoms with van der Waals surface area (Å²) in [5.74, 6) is -2.76. The molecule has 7 heteroatoms. The van der Waals surface area contributed by atoms with E-state index in [1.54, 1.807) is 9.47 Å². The summed E-state index contributed by atoms with van der Waals surface area (Å²) >= 11 is 0. The van der Waals surface area contributed by atoms with Gasteiger partial charge in [0, 0.05) is 32.7 Å². The Kier molecular flexibility index (Phi) is 4.85. The molecule has 0 amide bonds. The van der Waals surface area contributed by atoms with Crippen LogP contribution in [0.4, 0.5) is 14.7 Å². The first-order valence-electron chi connectivity index (χ1n) is 10.5. The predicted octanol–water partition coefficient (Wildman–Crippen LogP) is 3.68. The van der Waals surface area contributed by atoms with E-state index in [0.717, 1.165) is 16.7 Å². The lowest BCUT2D eigenvalue weighted by atomic mass is 10.0. The summed E-state index contributed by atoms with van der Waals surface area (Å²) < 4.78 is 32.3. The molecule has 2 aliphatic heterocycles. The van der Waals surface area contributed by atoms with Crippen LogP contribution in [0.15, 0.2) is 59.4 Å². The molecular weight excluding hydrogens is 398 g/mol. The van der Waals surface area contributed by atoms with Gasteiger partial charge in [0.25, 0.3) is 5.56 Å². The normalized spacial score (nSPS) is 17.5. The molecule has 3 aromatic rings. The second kappa shape index (κ2) is 7.57. The number of anilines is 1. The third-order valence-corrected chi connectivity index (χ3v) is 6.16. The van der Waals surface area contributed by atoms with Crippen LogP contribution in [0, 0.1) is 6.92 Å². The highest BCUT2D eigenvalue weighted by Gasteiger charge is 2.46. The van der Waals surface area contributed by atoms with Crippen molar-refractivity contribution in [1.82, 2.24) is 14.5 Å². The van der Waals surface area contributed by atoms with Gasteiger partial charge < -0.3 is 9.47 Å². The van der Waals surface area contributed by atoms with Crippen LogP contribution in [0.25, 0.3) is 0 Å². The molecule has 2 aromatic carbocycles. The van der Waals surface area contributed by atoms with Crippen LogP contribution in [-0.2, 0) is 32.1 Å². The third kappa shape index (κ3) is 3.63. The number of hydrogen-bond acceptors (Lipinski definition) is 4. The smallest absolute Gasteiger partial charge is 0.300 e. The first-order valence-corrected chi connectivity index (χ1v) is 10.5. The number of benzene rings is 2. The van der Waals surface area contributed by atoms with E-state index in [0.29, 0.717) is 32.1 Å². The number of halogens is 2. The molecule has 0 spiro atoms. The van der Waals surface area contributed by atoms with Gasteiger partial charge in [0.1, 0.15) is 5.69 Å². The summed E-state index contributed by atoms with van der Waals surface area (Å²) in [4.78, 5) is 20.7. The number of aryl methyl sites for hydroxylation is 1. The lowest BCUT2D eigenvalue weighted by Crippen LogP contribution is -2.45. The van der Waals surface area contributed by atoms with E-state index in [4.69, 9.17) is 0 Å². The van der Waals surface area contributed by atoms with Crippen molar-refractivity contribution < 1.29 is 8.78 Å². The van der Waals surface area contributed by atoms with Gasteiger partial charge in [0.15, 0.2) is 0 Å². The maximum atomic E-state index is 15.4. The molecule has 0 saturated heterocycles. The van der Waals surface area contributed by atoms with Gasteiger partial charge in [-0.1, -0.05) is 54.6 Å². The zero-order valence-corrected chi connectivity index (χ0v) is 17.4. The van der Waals surface area contributed by atoms with Crippen LogP contribution in [-0.4, -0.2) is 27.5 Å². The van der Waals surface area contributed by atoms with Crippen molar-refractivity contribution in [2.24, 2.45) is 0 Å². The molecule has 0 aliphatic carbocycles. The Morgan fingerprint density at radius 2 is 1.74 bits per heavy atom. The van der Waals surface area contributed by atoms with E-state index < -0.39 is 18.0 Å². The molecule has 0 saturated carbocycles. The van der Waals surface area contributed by atoms with E-state index in [2.05, 4.69) is 4.98 Å². The fraction of sp³-hybridized carbons (Fsp3) is 0.333. The highest BCUT2D eigenvalue weighted by molar-refractivity contribution is 5.43. The molecule has 0 bridgehead atoms. The number of aromatic nitrogens is 2. The van der Waals surface area contributed by atoms with Crippen molar-refractivity contribution in [3.8, 4) is 0 Å². The Hall–Kier alpha value is -3.06. The Morgan fingerprint density at radius 1 is 1.00 bits per heavy atom. The molecule has 0 radical (unpaired) electrons. The maximum Gasteiger partial charge on any atom is 0.300 e. The van der Waals surface area contributed by atoms with E-state index in [1.807, 2.05) is 66.4 Å². The largest absolute Gasteiger partial charge is 0.336 e. The molecule has 5 rings (SSSR count). The van der Waals surface area contributed by atoms with Crippen molar-refractivity contribution in [1.29, 1.82) is 0 Å². The average Bonchev–Trinajstić information content (AvgIpc) is 3.12. The fourth-order valence-corrected chi connectivity index (χ4v) is 4.65. The molecule has 0 atom stereocenters. The van der Waals surface area contributed by atoms with Crippen molar-refractivity contribution in [3.05, 3.63) is 92.9 Å². The minimum Gasteiger partial charge on any atom is -0.336 e. The third-order valence-electron chi connectivity index (χ3n) is 6.16. The Labute approximate surface area is 179 Å². The quantitative estimate of drug-likeness (QED) is 0.643. The second-order valence-electron chi connectivity index (χ2n) is 8.38. The number of fused-ring (bicyclic) bond motifs is 3. The summed E-state index contributed by atoms with van der Waals surface area (Å²) in [7, 11) is 0. The standard InChI is InChI=1S/C24H24F2N4O/c1-17-7-5-6-10-19(17)14-29-11-12-30-21-20(22(31)27-23(29)30)15-28(16-24(21,25)26)13-18-8-3-2-4-9-18/h2-10H,11-16H2,1H3. The highest BCUT2D eigenvalue weighted by atomic mass is 19.3. The van der Waals surface area contributed by atoms with Crippen LogP contribution >= 0.6 is 0 Å². The number of nitrogens with zero attached hydrogens (tertiary/aromatic N) is 4. The number of alkyl halides is 2. The summed E-state index contributed by atoms with van der Waals surface area (Å²) in [6, 6.07) is 17.5. The summed E-state index contributed by atoms with van der Waals surface area (Å²) in [5, 5.41) is 0. The van der Waals surface area contributed by atoms with E-state index >= 15 is 8.78 Å². The van der Waals surface area contributed by atoms with Crippen LogP contribution in [0.2, 0.25) is 0 Å². The average molecular weight is 422 g/mol. The van der Waals surface area contributed by atoms with Gasteiger partial charge >= 0.3 is 5.92 Å². The molecule has 2 aliphatic rings. The zero-order valence-electron chi connectivity index (χ0n) is 17.4. The van der Waals surface area contributed by atoms with Crippen molar-refractivity contribution >= 4 is 5.95 Å². The van der Waals surface area contributed by atoms with Crippen LogP contribution in [0.3, 0.4) is 0 Å². The Morgan fingerprint density at radius 3 is 2.52 bits per heavy atom. The Bertz CT molecular complexity index is 1180. The maximum absolute atomic E-state index is 15.4. The van der Waals surface area contributed by atoms with Crippen molar-refractivity contribution in [2.45, 2.75) is 39.0 Å². The molecule has 0 N–H and O–H groups in total. The van der Waals surface area contributed by atoms with Gasteiger partial charge in [0.05, 0.1) is 12.1 Å². The number of rotatable bonds is 4. The number of hydrogen-bond donors (Lipinski definition) is 0. The van der Waals surface area contributed by atoms with Crippen molar-refractivity contribution in [3.63, 3.8) is 0 Å². The van der Waals surface area contributed by atoms with Crippen molar-refractivity contribution in [2.75, 3.05) is 18.0 Å². The lowest BCUT2D eigenvalue weighted by Gasteiger charge is -2.35. The molecular formula is C24H24F2N4O. The molecule has 5 nitrogen and oxygen atoms in total. The minimum absolute atomic E-state index is 0.119. The first-order chi connectivity index (χ1) is 14.9. The summed E-state index contributed by atoms with van der Waals surface area (Å²) in [6.07, 6.45) is 0. The molecule has 0 unspecified atom stereocenters. The molecule has 31 heavy (non-hydrogen) atoms. The van der Waals surface area contributed by atoms with E-state index in [1.165, 1.54) is 0 Å². The van der Waals surface area contributed by atoms with Gasteiger partial charge in [-0.15, -0.1) is 0 Å². The monoisotopic (exact) mass is 422 g/mol. The van der Waals surface area contributed by atoms with Gasteiger partial charge in [-0.3, -0.25) is 9.69 Å². The van der Waals surface area contributed by atoms with E-state index in [-0.39, 0.29) is 17.8 Å². The lowest BCUT2D eigenvalue weighted by molar-refractivity contribution is -0.0621. The van der Waals surface area contributed by atoms with Crippen LogP contribution < -0.4 is 10.5 Å². The fourth-order valence-electron chi connectivity index (χ4n) is 4.65.